The van der Waals surface area contributed by atoms with Gasteiger partial charge in [0.25, 0.3) is 0 Å². The summed E-state index contributed by atoms with van der Waals surface area (Å²) in [5.41, 5.74) is 0.0951. The van der Waals surface area contributed by atoms with E-state index in [1.54, 1.807) is 0 Å². The van der Waals surface area contributed by atoms with Crippen LogP contribution in [0.2, 0.25) is 0 Å². The smallest absolute Gasteiger partial charge is 0.227 e. The number of piperidine rings is 1. The van der Waals surface area contributed by atoms with Crippen LogP contribution in [0.5, 0.6) is 0 Å². The molecule has 3 rings (SSSR count). The third-order valence-corrected chi connectivity index (χ3v) is 4.68. The molecule has 0 bridgehead atoms. The first kappa shape index (κ1) is 15.3. The summed E-state index contributed by atoms with van der Waals surface area (Å²) in [5, 5.41) is 2.98. The summed E-state index contributed by atoms with van der Waals surface area (Å²) in [7, 11) is 0. The Bertz CT molecular complexity index is 683. The van der Waals surface area contributed by atoms with E-state index in [0.717, 1.165) is 37.0 Å². The van der Waals surface area contributed by atoms with E-state index in [0.29, 0.717) is 16.3 Å². The van der Waals surface area contributed by atoms with E-state index in [9.17, 15) is 13.6 Å². The number of rotatable bonds is 4. The van der Waals surface area contributed by atoms with Gasteiger partial charge in [0, 0.05) is 19.0 Å². The highest BCUT2D eigenvalue weighted by molar-refractivity contribution is 7.22. The summed E-state index contributed by atoms with van der Waals surface area (Å²) >= 11 is 1.08. The predicted molar refractivity (Wildman–Crippen MR) is 83.1 cm³/mol. The fourth-order valence-electron chi connectivity index (χ4n) is 2.64. The summed E-state index contributed by atoms with van der Waals surface area (Å²) in [5.74, 6) is -1.50. The van der Waals surface area contributed by atoms with Crippen LogP contribution >= 0.6 is 11.3 Å². The van der Waals surface area contributed by atoms with Gasteiger partial charge in [-0.1, -0.05) is 17.8 Å². The van der Waals surface area contributed by atoms with Crippen LogP contribution in [0.4, 0.5) is 13.9 Å². The minimum Gasteiger partial charge on any atom is -0.303 e. The zero-order chi connectivity index (χ0) is 15.5. The maximum absolute atomic E-state index is 13.6. The second-order valence-electron chi connectivity index (χ2n) is 5.45. The van der Waals surface area contributed by atoms with E-state index in [1.807, 2.05) is 0 Å². The molecule has 7 heteroatoms. The second kappa shape index (κ2) is 6.66. The molecule has 2 aromatic rings. The van der Waals surface area contributed by atoms with Gasteiger partial charge in [-0.25, -0.2) is 13.8 Å². The average Bonchev–Trinajstić information content (AvgIpc) is 2.89. The summed E-state index contributed by atoms with van der Waals surface area (Å²) in [6.45, 7) is 2.80. The van der Waals surface area contributed by atoms with Gasteiger partial charge < -0.3 is 10.2 Å². The zero-order valence-corrected chi connectivity index (χ0v) is 12.9. The molecule has 0 spiro atoms. The molecule has 0 unspecified atom stereocenters. The van der Waals surface area contributed by atoms with Crippen LogP contribution in [0.3, 0.4) is 0 Å². The van der Waals surface area contributed by atoms with E-state index in [2.05, 4.69) is 15.2 Å². The Labute approximate surface area is 131 Å². The van der Waals surface area contributed by atoms with Crippen LogP contribution in [-0.2, 0) is 4.79 Å². The molecular formula is C15H17F2N3OS. The fourth-order valence-corrected chi connectivity index (χ4v) is 3.56. The van der Waals surface area contributed by atoms with Crippen molar-refractivity contribution in [3.05, 3.63) is 23.8 Å². The number of carbonyl (C=O) groups excluding carboxylic acids is 1. The van der Waals surface area contributed by atoms with Crippen molar-refractivity contribution in [1.29, 1.82) is 0 Å². The number of nitrogens with one attached hydrogen (secondary N) is 1. The van der Waals surface area contributed by atoms with Gasteiger partial charge in [-0.15, -0.1) is 0 Å². The highest BCUT2D eigenvalue weighted by Crippen LogP contribution is 2.28. The first-order chi connectivity index (χ1) is 10.6. The standard InChI is InChI=1S/C15H17F2N3OS/c16-10-8-11(17)14-12(9-10)22-15(19-14)18-13(21)4-7-20-5-2-1-3-6-20/h8-9H,1-7H2,(H,18,19,21). The number of likely N-dealkylation sites (tertiary alicyclic amines) is 1. The SMILES string of the molecule is O=C(CCN1CCCCC1)Nc1nc2c(F)cc(F)cc2s1. The van der Waals surface area contributed by atoms with E-state index in [4.69, 9.17) is 0 Å². The van der Waals surface area contributed by atoms with Gasteiger partial charge in [0.1, 0.15) is 11.3 Å². The first-order valence-corrected chi connectivity index (χ1v) is 8.21. The summed E-state index contributed by atoms with van der Waals surface area (Å²) < 4.78 is 27.1. The van der Waals surface area contributed by atoms with Gasteiger partial charge in [-0.3, -0.25) is 4.79 Å². The van der Waals surface area contributed by atoms with Gasteiger partial charge in [0.05, 0.1) is 4.70 Å². The number of anilines is 1. The van der Waals surface area contributed by atoms with Crippen molar-refractivity contribution < 1.29 is 13.6 Å². The van der Waals surface area contributed by atoms with Gasteiger partial charge in [0.2, 0.25) is 5.91 Å². The topological polar surface area (TPSA) is 45.2 Å². The molecule has 0 atom stereocenters. The lowest BCUT2D eigenvalue weighted by Gasteiger charge is -2.25. The number of hydrogen-bond donors (Lipinski definition) is 1. The number of amides is 1. The number of benzene rings is 1. The molecule has 118 valence electrons. The molecule has 1 fully saturated rings. The van der Waals surface area contributed by atoms with Crippen LogP contribution in [-0.4, -0.2) is 35.4 Å². The Hall–Kier alpha value is -1.60. The maximum Gasteiger partial charge on any atom is 0.227 e. The lowest BCUT2D eigenvalue weighted by molar-refractivity contribution is -0.116. The summed E-state index contributed by atoms with van der Waals surface area (Å²) in [6, 6.07) is 2.02. The highest BCUT2D eigenvalue weighted by atomic mass is 32.1. The number of nitrogens with zero attached hydrogens (tertiary/aromatic N) is 2. The Morgan fingerprint density at radius 1 is 1.27 bits per heavy atom. The minimum absolute atomic E-state index is 0.0951. The van der Waals surface area contributed by atoms with Crippen LogP contribution in [0.15, 0.2) is 12.1 Å². The van der Waals surface area contributed by atoms with Crippen molar-refractivity contribution in [1.82, 2.24) is 9.88 Å². The molecule has 1 aromatic carbocycles. The third-order valence-electron chi connectivity index (χ3n) is 3.76. The highest BCUT2D eigenvalue weighted by Gasteiger charge is 2.14. The number of aromatic nitrogens is 1. The average molecular weight is 325 g/mol. The normalized spacial score (nSPS) is 16.1. The van der Waals surface area contributed by atoms with Crippen molar-refractivity contribution in [2.75, 3.05) is 25.0 Å². The van der Waals surface area contributed by atoms with Crippen molar-refractivity contribution in [2.45, 2.75) is 25.7 Å². The lowest BCUT2D eigenvalue weighted by Crippen LogP contribution is -2.32. The number of hydrogen-bond acceptors (Lipinski definition) is 4. The van der Waals surface area contributed by atoms with E-state index < -0.39 is 11.6 Å². The van der Waals surface area contributed by atoms with Gasteiger partial charge >= 0.3 is 0 Å². The molecule has 1 aliphatic heterocycles. The van der Waals surface area contributed by atoms with Gasteiger partial charge in [-0.05, 0) is 32.0 Å². The largest absolute Gasteiger partial charge is 0.303 e. The molecule has 1 saturated heterocycles. The summed E-state index contributed by atoms with van der Waals surface area (Å²) in [6.07, 6.45) is 4.01. The minimum atomic E-state index is -0.708. The van der Waals surface area contributed by atoms with Crippen LogP contribution < -0.4 is 5.32 Å². The predicted octanol–water partition coefficient (Wildman–Crippen LogP) is 3.39. The molecular weight excluding hydrogens is 308 g/mol. The molecule has 2 heterocycles. The quantitative estimate of drug-likeness (QED) is 0.937. The van der Waals surface area contributed by atoms with E-state index in [1.165, 1.54) is 25.3 Å². The summed E-state index contributed by atoms with van der Waals surface area (Å²) in [4.78, 5) is 18.2. The first-order valence-electron chi connectivity index (χ1n) is 7.39. The molecule has 1 aromatic heterocycles. The Morgan fingerprint density at radius 3 is 2.82 bits per heavy atom. The number of fused-ring (bicyclic) bond motifs is 1. The van der Waals surface area contributed by atoms with Gasteiger partial charge in [-0.2, -0.15) is 0 Å². The van der Waals surface area contributed by atoms with Crippen LogP contribution in [0, 0.1) is 11.6 Å². The van der Waals surface area contributed by atoms with Crippen molar-refractivity contribution in [3.63, 3.8) is 0 Å². The Kier molecular flexibility index (Phi) is 4.63. The molecule has 0 aliphatic carbocycles. The fraction of sp³-hybridized carbons (Fsp3) is 0.467. The molecule has 22 heavy (non-hydrogen) atoms. The second-order valence-corrected chi connectivity index (χ2v) is 6.48. The zero-order valence-electron chi connectivity index (χ0n) is 12.1. The van der Waals surface area contributed by atoms with Crippen LogP contribution in [0.1, 0.15) is 25.7 Å². The van der Waals surface area contributed by atoms with Crippen molar-refractivity contribution >= 4 is 32.6 Å². The van der Waals surface area contributed by atoms with Crippen molar-refractivity contribution in [2.24, 2.45) is 0 Å². The molecule has 1 amide bonds. The van der Waals surface area contributed by atoms with E-state index in [-0.39, 0.29) is 11.4 Å². The number of carbonyl (C=O) groups is 1. The maximum atomic E-state index is 13.6. The van der Waals surface area contributed by atoms with E-state index >= 15 is 0 Å². The molecule has 0 radical (unpaired) electrons. The van der Waals surface area contributed by atoms with Crippen LogP contribution in [0.25, 0.3) is 10.2 Å². The Morgan fingerprint density at radius 2 is 2.05 bits per heavy atom. The molecule has 0 saturated carbocycles. The van der Waals surface area contributed by atoms with Gasteiger partial charge in [0.15, 0.2) is 10.9 Å². The third kappa shape index (κ3) is 3.59. The van der Waals surface area contributed by atoms with Crippen molar-refractivity contribution in [3.8, 4) is 0 Å². The molecule has 4 nitrogen and oxygen atoms in total. The number of thiazole rings is 1. The monoisotopic (exact) mass is 325 g/mol. The molecule has 1 aliphatic rings. The number of halogens is 2. The Balaban J connectivity index is 1.60. The lowest BCUT2D eigenvalue weighted by atomic mass is 10.1. The molecule has 1 N–H and O–H groups in total.